The lowest BCUT2D eigenvalue weighted by Gasteiger charge is -2.09. The maximum atomic E-state index is 12.9. The first kappa shape index (κ1) is 15.5. The van der Waals surface area contributed by atoms with E-state index in [-0.39, 0.29) is 25.2 Å². The molecule has 1 N–H and O–H groups in total. The van der Waals surface area contributed by atoms with Gasteiger partial charge in [0, 0.05) is 0 Å². The van der Waals surface area contributed by atoms with Crippen LogP contribution in [0.25, 0.3) is 0 Å². The van der Waals surface area contributed by atoms with E-state index >= 15 is 0 Å². The van der Waals surface area contributed by atoms with Crippen molar-refractivity contribution in [3.8, 4) is 0 Å². The molecule has 0 saturated carbocycles. The molecule has 0 spiro atoms. The molecule has 0 fully saturated rings. The van der Waals surface area contributed by atoms with Gasteiger partial charge >= 0.3 is 0 Å². The number of nitrogens with one attached hydrogen (secondary N) is 1. The first-order valence-electron chi connectivity index (χ1n) is 5.08. The number of aromatic nitrogens is 1. The molecule has 0 aliphatic rings. The maximum absolute atomic E-state index is 12.9. The molecule has 0 atom stereocenters. The van der Waals surface area contributed by atoms with Crippen molar-refractivity contribution in [2.75, 3.05) is 4.72 Å². The fraction of sp³-hybridized carbons (Fsp3) is 0. The molecule has 1 aromatic carbocycles. The van der Waals surface area contributed by atoms with E-state index in [1.54, 1.807) is 0 Å². The molecular weight excluding hydrogens is 394 g/mol. The Morgan fingerprint density at radius 1 is 1.20 bits per heavy atom. The molecule has 0 aliphatic heterocycles. The van der Waals surface area contributed by atoms with Gasteiger partial charge in [0.15, 0.2) is 5.82 Å². The summed E-state index contributed by atoms with van der Waals surface area (Å²) in [6.07, 6.45) is 0.900. The summed E-state index contributed by atoms with van der Waals surface area (Å²) in [5, 5.41) is 0.354. The van der Waals surface area contributed by atoms with E-state index in [0.717, 1.165) is 12.3 Å². The Kier molecular flexibility index (Phi) is 4.53. The summed E-state index contributed by atoms with van der Waals surface area (Å²) in [4.78, 5) is 3.58. The largest absolute Gasteiger partial charge is 0.263 e. The average Bonchev–Trinajstić information content (AvgIpc) is 2.36. The summed E-state index contributed by atoms with van der Waals surface area (Å²) in [5.74, 6) is -0.619. The first-order chi connectivity index (χ1) is 9.29. The number of nitrogens with zero attached hydrogens (tertiary/aromatic N) is 1. The number of benzene rings is 1. The van der Waals surface area contributed by atoms with E-state index < -0.39 is 15.8 Å². The van der Waals surface area contributed by atoms with Crippen molar-refractivity contribution in [1.82, 2.24) is 4.98 Å². The Morgan fingerprint density at radius 3 is 2.50 bits per heavy atom. The number of pyridine rings is 1. The molecule has 0 radical (unpaired) electrons. The van der Waals surface area contributed by atoms with Crippen LogP contribution in [0.2, 0.25) is 10.0 Å². The molecule has 106 valence electrons. The minimum absolute atomic E-state index is 0.0301. The average molecular weight is 400 g/mol. The molecule has 1 aromatic heterocycles. The van der Waals surface area contributed by atoms with Crippen LogP contribution in [0.4, 0.5) is 10.2 Å². The number of anilines is 1. The predicted molar refractivity (Wildman–Crippen MR) is 79.2 cm³/mol. The smallest absolute Gasteiger partial charge is 0.262 e. The summed E-state index contributed by atoms with van der Waals surface area (Å²) in [6, 6.07) is 4.98. The SMILES string of the molecule is O=S(=O)(Nc1ncc(F)cc1Br)c1ccc(Cl)c(Cl)c1. The first-order valence-corrected chi connectivity index (χ1v) is 8.12. The van der Waals surface area contributed by atoms with Gasteiger partial charge in [-0.1, -0.05) is 23.2 Å². The van der Waals surface area contributed by atoms with Crippen molar-refractivity contribution in [3.05, 3.63) is 50.8 Å². The maximum Gasteiger partial charge on any atom is 0.263 e. The van der Waals surface area contributed by atoms with Crippen LogP contribution in [-0.2, 0) is 10.0 Å². The van der Waals surface area contributed by atoms with Crippen molar-refractivity contribution in [2.24, 2.45) is 0 Å². The second-order valence-electron chi connectivity index (χ2n) is 3.67. The van der Waals surface area contributed by atoms with E-state index in [9.17, 15) is 12.8 Å². The van der Waals surface area contributed by atoms with Crippen LogP contribution in [0, 0.1) is 5.82 Å². The van der Waals surface area contributed by atoms with Gasteiger partial charge in [0.2, 0.25) is 0 Å². The van der Waals surface area contributed by atoms with Gasteiger partial charge in [-0.05, 0) is 40.2 Å². The second-order valence-corrected chi connectivity index (χ2v) is 7.02. The lowest BCUT2D eigenvalue weighted by Crippen LogP contribution is -2.14. The minimum Gasteiger partial charge on any atom is -0.262 e. The Labute approximate surface area is 133 Å². The molecule has 0 amide bonds. The topological polar surface area (TPSA) is 59.1 Å². The normalized spacial score (nSPS) is 11.4. The highest BCUT2D eigenvalue weighted by Crippen LogP contribution is 2.27. The molecule has 4 nitrogen and oxygen atoms in total. The predicted octanol–water partition coefficient (Wildman–Crippen LogP) is 4.09. The molecular formula is C11H6BrCl2FN2O2S. The van der Waals surface area contributed by atoms with E-state index in [4.69, 9.17) is 23.2 Å². The Morgan fingerprint density at radius 2 is 1.90 bits per heavy atom. The highest BCUT2D eigenvalue weighted by Gasteiger charge is 2.18. The zero-order valence-corrected chi connectivity index (χ0v) is 13.5. The van der Waals surface area contributed by atoms with E-state index in [1.165, 1.54) is 18.2 Å². The van der Waals surface area contributed by atoms with Gasteiger partial charge in [-0.15, -0.1) is 0 Å². The number of hydrogen-bond donors (Lipinski definition) is 1. The molecule has 2 aromatic rings. The zero-order chi connectivity index (χ0) is 14.9. The van der Waals surface area contributed by atoms with Crippen LogP contribution in [0.3, 0.4) is 0 Å². The van der Waals surface area contributed by atoms with Crippen molar-refractivity contribution in [1.29, 1.82) is 0 Å². The second kappa shape index (κ2) is 5.85. The van der Waals surface area contributed by atoms with Gasteiger partial charge in [0.1, 0.15) is 5.82 Å². The molecule has 2 rings (SSSR count). The third kappa shape index (κ3) is 3.41. The monoisotopic (exact) mass is 398 g/mol. The third-order valence-corrected chi connectivity index (χ3v) is 4.92. The molecule has 0 bridgehead atoms. The Hall–Kier alpha value is -0.890. The molecule has 0 unspecified atom stereocenters. The van der Waals surface area contributed by atoms with Crippen LogP contribution in [0.15, 0.2) is 39.8 Å². The van der Waals surface area contributed by atoms with Crippen molar-refractivity contribution >= 4 is 55.0 Å². The number of hydrogen-bond acceptors (Lipinski definition) is 3. The van der Waals surface area contributed by atoms with Crippen molar-refractivity contribution in [3.63, 3.8) is 0 Å². The van der Waals surface area contributed by atoms with E-state index in [2.05, 4.69) is 25.6 Å². The molecule has 0 aliphatic carbocycles. The van der Waals surface area contributed by atoms with Gasteiger partial charge in [-0.2, -0.15) is 0 Å². The lowest BCUT2D eigenvalue weighted by atomic mass is 10.4. The fourth-order valence-corrected chi connectivity index (χ4v) is 3.29. The summed E-state index contributed by atoms with van der Waals surface area (Å²) >= 11 is 14.5. The van der Waals surface area contributed by atoms with Crippen LogP contribution >= 0.6 is 39.1 Å². The van der Waals surface area contributed by atoms with Crippen LogP contribution in [0.5, 0.6) is 0 Å². The zero-order valence-electron chi connectivity index (χ0n) is 9.57. The number of halogens is 4. The summed E-state index contributed by atoms with van der Waals surface area (Å²) < 4.78 is 39.6. The lowest BCUT2D eigenvalue weighted by molar-refractivity contribution is 0.600. The summed E-state index contributed by atoms with van der Waals surface area (Å²) in [5.41, 5.74) is 0. The minimum atomic E-state index is -3.90. The van der Waals surface area contributed by atoms with Crippen molar-refractivity contribution in [2.45, 2.75) is 4.90 Å². The van der Waals surface area contributed by atoms with Crippen LogP contribution in [-0.4, -0.2) is 13.4 Å². The third-order valence-electron chi connectivity index (χ3n) is 2.24. The van der Waals surface area contributed by atoms with Gasteiger partial charge in [-0.25, -0.2) is 17.8 Å². The molecule has 0 saturated heterocycles. The van der Waals surface area contributed by atoms with Gasteiger partial charge in [0.05, 0.1) is 25.6 Å². The van der Waals surface area contributed by atoms with Crippen molar-refractivity contribution < 1.29 is 12.8 Å². The Balaban J connectivity index is 2.38. The van der Waals surface area contributed by atoms with Gasteiger partial charge in [-0.3, -0.25) is 4.72 Å². The summed E-state index contributed by atoms with van der Waals surface area (Å²) in [6.45, 7) is 0. The quantitative estimate of drug-likeness (QED) is 0.845. The van der Waals surface area contributed by atoms with Crippen LogP contribution in [0.1, 0.15) is 0 Å². The molecule has 20 heavy (non-hydrogen) atoms. The van der Waals surface area contributed by atoms with E-state index in [1.807, 2.05) is 0 Å². The Bertz CT molecular complexity index is 771. The number of rotatable bonds is 3. The highest BCUT2D eigenvalue weighted by atomic mass is 79.9. The standard InChI is InChI=1S/C11H6BrCl2FN2O2S/c12-8-3-6(15)5-16-11(8)17-20(18,19)7-1-2-9(13)10(14)4-7/h1-5H,(H,16,17). The van der Waals surface area contributed by atoms with Crippen LogP contribution < -0.4 is 4.72 Å². The highest BCUT2D eigenvalue weighted by molar-refractivity contribution is 9.10. The van der Waals surface area contributed by atoms with Gasteiger partial charge in [0.25, 0.3) is 10.0 Å². The summed E-state index contributed by atoms with van der Waals surface area (Å²) in [7, 11) is -3.90. The number of sulfonamides is 1. The van der Waals surface area contributed by atoms with Gasteiger partial charge < -0.3 is 0 Å². The van der Waals surface area contributed by atoms with E-state index in [0.29, 0.717) is 0 Å². The molecule has 1 heterocycles. The molecule has 9 heteroatoms. The fourth-order valence-electron chi connectivity index (χ4n) is 1.32.